The SMILES string of the molecule is COc1ccc(COCC(O)CNC(=O)COc2ccc(Cl)c(C)c2)cc1. The third-order valence-electron chi connectivity index (χ3n) is 3.77. The Hall–Kier alpha value is -2.28. The van der Waals surface area contributed by atoms with Gasteiger partial charge in [-0.2, -0.15) is 0 Å². The van der Waals surface area contributed by atoms with Gasteiger partial charge in [0.1, 0.15) is 11.5 Å². The first kappa shape index (κ1) is 21.0. The van der Waals surface area contributed by atoms with Gasteiger partial charge in [-0.15, -0.1) is 0 Å². The van der Waals surface area contributed by atoms with Crippen LogP contribution in [0, 0.1) is 6.92 Å². The lowest BCUT2D eigenvalue weighted by atomic mass is 10.2. The molecule has 0 fully saturated rings. The molecular weight excluding hydrogens is 370 g/mol. The molecule has 0 bridgehead atoms. The zero-order chi connectivity index (χ0) is 19.6. The number of carbonyl (C=O) groups excluding carboxylic acids is 1. The molecule has 0 aliphatic carbocycles. The van der Waals surface area contributed by atoms with E-state index in [-0.39, 0.29) is 25.7 Å². The molecular formula is C20H24ClNO5. The van der Waals surface area contributed by atoms with Crippen LogP contribution < -0.4 is 14.8 Å². The Balaban J connectivity index is 1.61. The molecule has 0 radical (unpaired) electrons. The number of benzene rings is 2. The Kier molecular flexibility index (Phi) is 8.39. The Morgan fingerprint density at radius 3 is 2.56 bits per heavy atom. The summed E-state index contributed by atoms with van der Waals surface area (Å²) in [6, 6.07) is 12.6. The molecule has 146 valence electrons. The highest BCUT2D eigenvalue weighted by Crippen LogP contribution is 2.20. The summed E-state index contributed by atoms with van der Waals surface area (Å²) < 4.78 is 15.9. The lowest BCUT2D eigenvalue weighted by Crippen LogP contribution is -2.37. The van der Waals surface area contributed by atoms with E-state index in [1.165, 1.54) is 0 Å². The van der Waals surface area contributed by atoms with E-state index in [0.717, 1.165) is 16.9 Å². The molecule has 27 heavy (non-hydrogen) atoms. The van der Waals surface area contributed by atoms with Gasteiger partial charge < -0.3 is 24.6 Å². The van der Waals surface area contributed by atoms with Crippen LogP contribution in [0.2, 0.25) is 5.02 Å². The number of rotatable bonds is 10. The Bertz CT molecular complexity index is 736. The maximum Gasteiger partial charge on any atom is 0.258 e. The van der Waals surface area contributed by atoms with E-state index in [9.17, 15) is 9.90 Å². The predicted molar refractivity (Wildman–Crippen MR) is 103 cm³/mol. The van der Waals surface area contributed by atoms with Crippen molar-refractivity contribution in [3.8, 4) is 11.5 Å². The number of nitrogens with one attached hydrogen (secondary N) is 1. The number of methoxy groups -OCH3 is 1. The minimum absolute atomic E-state index is 0.0877. The number of carbonyl (C=O) groups is 1. The van der Waals surface area contributed by atoms with Gasteiger partial charge in [-0.3, -0.25) is 4.79 Å². The highest BCUT2D eigenvalue weighted by Gasteiger charge is 2.09. The molecule has 6 nitrogen and oxygen atoms in total. The van der Waals surface area contributed by atoms with Crippen molar-refractivity contribution in [3.05, 3.63) is 58.6 Å². The molecule has 2 aromatic carbocycles. The lowest BCUT2D eigenvalue weighted by molar-refractivity contribution is -0.123. The first-order valence-corrected chi connectivity index (χ1v) is 8.90. The molecule has 2 rings (SSSR count). The standard InChI is InChI=1S/C20H24ClNO5/c1-14-9-18(7-8-19(14)21)27-13-20(24)22-10-16(23)12-26-11-15-3-5-17(25-2)6-4-15/h3-9,16,23H,10-13H2,1-2H3,(H,22,24). The zero-order valence-electron chi connectivity index (χ0n) is 15.4. The van der Waals surface area contributed by atoms with Gasteiger partial charge in [-0.1, -0.05) is 23.7 Å². The smallest absolute Gasteiger partial charge is 0.258 e. The summed E-state index contributed by atoms with van der Waals surface area (Å²) in [7, 11) is 1.61. The lowest BCUT2D eigenvalue weighted by Gasteiger charge is -2.13. The fourth-order valence-electron chi connectivity index (χ4n) is 2.23. The van der Waals surface area contributed by atoms with Gasteiger partial charge in [0.25, 0.3) is 5.91 Å². The molecule has 0 saturated heterocycles. The number of hydrogen-bond donors (Lipinski definition) is 2. The zero-order valence-corrected chi connectivity index (χ0v) is 16.2. The summed E-state index contributed by atoms with van der Waals surface area (Å²) in [4.78, 5) is 11.8. The molecule has 0 aliphatic heterocycles. The molecule has 0 aliphatic rings. The van der Waals surface area contributed by atoms with Crippen LogP contribution in [0.4, 0.5) is 0 Å². The largest absolute Gasteiger partial charge is 0.497 e. The van der Waals surface area contributed by atoms with Crippen LogP contribution in [0.15, 0.2) is 42.5 Å². The topological polar surface area (TPSA) is 77.0 Å². The number of aryl methyl sites for hydroxylation is 1. The second-order valence-electron chi connectivity index (χ2n) is 6.02. The molecule has 2 aromatic rings. The maximum absolute atomic E-state index is 11.8. The quantitative estimate of drug-likeness (QED) is 0.649. The van der Waals surface area contributed by atoms with Crippen molar-refractivity contribution in [1.29, 1.82) is 0 Å². The fraction of sp³-hybridized carbons (Fsp3) is 0.350. The van der Waals surface area contributed by atoms with E-state index in [2.05, 4.69) is 5.32 Å². The van der Waals surface area contributed by atoms with Gasteiger partial charge >= 0.3 is 0 Å². The molecule has 0 spiro atoms. The number of aliphatic hydroxyl groups is 1. The van der Waals surface area contributed by atoms with E-state index in [4.69, 9.17) is 25.8 Å². The van der Waals surface area contributed by atoms with Crippen LogP contribution in [-0.2, 0) is 16.1 Å². The fourth-order valence-corrected chi connectivity index (χ4v) is 2.35. The summed E-state index contributed by atoms with van der Waals surface area (Å²) in [6.45, 7) is 2.29. The number of amides is 1. The van der Waals surface area contributed by atoms with Crippen LogP contribution >= 0.6 is 11.6 Å². The highest BCUT2D eigenvalue weighted by atomic mass is 35.5. The number of aliphatic hydroxyl groups excluding tert-OH is 1. The number of halogens is 1. The summed E-state index contributed by atoms with van der Waals surface area (Å²) in [5, 5.41) is 13.1. The molecule has 0 saturated carbocycles. The second-order valence-corrected chi connectivity index (χ2v) is 6.43. The van der Waals surface area contributed by atoms with Crippen molar-refractivity contribution in [2.75, 3.05) is 26.9 Å². The van der Waals surface area contributed by atoms with E-state index in [0.29, 0.717) is 17.4 Å². The van der Waals surface area contributed by atoms with Crippen LogP contribution in [0.3, 0.4) is 0 Å². The van der Waals surface area contributed by atoms with E-state index < -0.39 is 6.10 Å². The van der Waals surface area contributed by atoms with Crippen molar-refractivity contribution in [3.63, 3.8) is 0 Å². The minimum Gasteiger partial charge on any atom is -0.497 e. The molecule has 0 heterocycles. The van der Waals surface area contributed by atoms with Gasteiger partial charge in [0, 0.05) is 11.6 Å². The van der Waals surface area contributed by atoms with Gasteiger partial charge in [-0.05, 0) is 48.4 Å². The van der Waals surface area contributed by atoms with Crippen molar-refractivity contribution in [2.45, 2.75) is 19.6 Å². The molecule has 1 amide bonds. The predicted octanol–water partition coefficient (Wildman–Crippen LogP) is 2.73. The highest BCUT2D eigenvalue weighted by molar-refractivity contribution is 6.31. The van der Waals surface area contributed by atoms with Gasteiger partial charge in [0.2, 0.25) is 0 Å². The Morgan fingerprint density at radius 1 is 1.19 bits per heavy atom. The van der Waals surface area contributed by atoms with Crippen molar-refractivity contribution >= 4 is 17.5 Å². The van der Waals surface area contributed by atoms with Crippen molar-refractivity contribution in [2.24, 2.45) is 0 Å². The van der Waals surface area contributed by atoms with E-state index in [1.807, 2.05) is 31.2 Å². The first-order valence-electron chi connectivity index (χ1n) is 8.52. The van der Waals surface area contributed by atoms with Crippen LogP contribution in [0.1, 0.15) is 11.1 Å². The monoisotopic (exact) mass is 393 g/mol. The maximum atomic E-state index is 11.8. The van der Waals surface area contributed by atoms with Crippen molar-refractivity contribution in [1.82, 2.24) is 5.32 Å². The van der Waals surface area contributed by atoms with Crippen LogP contribution in [-0.4, -0.2) is 44.0 Å². The van der Waals surface area contributed by atoms with Gasteiger partial charge in [-0.25, -0.2) is 0 Å². The minimum atomic E-state index is -0.801. The molecule has 1 atom stereocenters. The third kappa shape index (κ3) is 7.46. The molecule has 7 heteroatoms. The normalized spacial score (nSPS) is 11.7. The van der Waals surface area contributed by atoms with Gasteiger partial charge in [0.15, 0.2) is 6.61 Å². The first-order chi connectivity index (χ1) is 13.0. The Labute approximate surface area is 164 Å². The third-order valence-corrected chi connectivity index (χ3v) is 4.20. The van der Waals surface area contributed by atoms with Crippen molar-refractivity contribution < 1.29 is 24.1 Å². The number of hydrogen-bond acceptors (Lipinski definition) is 5. The molecule has 0 aromatic heterocycles. The summed E-state index contributed by atoms with van der Waals surface area (Å²) in [5.74, 6) is 1.02. The summed E-state index contributed by atoms with van der Waals surface area (Å²) >= 11 is 5.94. The van der Waals surface area contributed by atoms with E-state index >= 15 is 0 Å². The molecule has 1 unspecified atom stereocenters. The average molecular weight is 394 g/mol. The second kappa shape index (κ2) is 10.8. The van der Waals surface area contributed by atoms with Gasteiger partial charge in [0.05, 0.1) is 26.4 Å². The summed E-state index contributed by atoms with van der Waals surface area (Å²) in [6.07, 6.45) is -0.801. The number of ether oxygens (including phenoxy) is 3. The van der Waals surface area contributed by atoms with Crippen LogP contribution in [0.5, 0.6) is 11.5 Å². The molecule has 2 N–H and O–H groups in total. The average Bonchev–Trinajstić information content (AvgIpc) is 2.68. The summed E-state index contributed by atoms with van der Waals surface area (Å²) in [5.41, 5.74) is 1.85. The Morgan fingerprint density at radius 2 is 1.89 bits per heavy atom. The van der Waals surface area contributed by atoms with Crippen LogP contribution in [0.25, 0.3) is 0 Å². The van der Waals surface area contributed by atoms with E-state index in [1.54, 1.807) is 25.3 Å².